The summed E-state index contributed by atoms with van der Waals surface area (Å²) in [4.78, 5) is 0. The van der Waals surface area contributed by atoms with E-state index >= 15 is 0 Å². The highest BCUT2D eigenvalue weighted by Crippen LogP contribution is 2.31. The molecule has 3 rings (SSSR count). The number of fused-ring (bicyclic) bond motifs is 1. The van der Waals surface area contributed by atoms with E-state index in [1.807, 2.05) is 0 Å². The second kappa shape index (κ2) is 4.27. The van der Waals surface area contributed by atoms with Gasteiger partial charge in [0.1, 0.15) is 0 Å². The molecule has 0 bridgehead atoms. The van der Waals surface area contributed by atoms with Gasteiger partial charge in [0.25, 0.3) is 0 Å². The van der Waals surface area contributed by atoms with Gasteiger partial charge in [-0.2, -0.15) is 0 Å². The minimum atomic E-state index is 1.28. The predicted molar refractivity (Wildman–Crippen MR) is 82.6 cm³/mol. The number of hydrogen-bond donors (Lipinski definition) is 0. The Morgan fingerprint density at radius 1 is 0.789 bits per heavy atom. The molecule has 1 heteroatoms. The quantitative estimate of drug-likeness (QED) is 0.585. The van der Waals surface area contributed by atoms with Crippen molar-refractivity contribution in [2.24, 2.45) is 7.05 Å². The Hall–Kier alpha value is -2.02. The van der Waals surface area contributed by atoms with Crippen molar-refractivity contribution in [2.45, 2.75) is 20.8 Å². The number of benzene rings is 2. The third-order valence-electron chi connectivity index (χ3n) is 3.96. The molecule has 1 aromatic heterocycles. The molecule has 0 aliphatic carbocycles. The van der Waals surface area contributed by atoms with Gasteiger partial charge >= 0.3 is 0 Å². The molecule has 0 saturated carbocycles. The van der Waals surface area contributed by atoms with Gasteiger partial charge in [-0.3, -0.25) is 0 Å². The summed E-state index contributed by atoms with van der Waals surface area (Å²) >= 11 is 0. The molecule has 0 aliphatic heterocycles. The van der Waals surface area contributed by atoms with E-state index in [4.69, 9.17) is 0 Å². The SMILES string of the molecule is Cc1ccc(-c2cc3c(C)ccc(C)c3n2C)cc1. The van der Waals surface area contributed by atoms with Crippen LogP contribution in [0.5, 0.6) is 0 Å². The van der Waals surface area contributed by atoms with Gasteiger partial charge in [-0.15, -0.1) is 0 Å². The highest BCUT2D eigenvalue weighted by molar-refractivity contribution is 5.91. The molecule has 1 heterocycles. The largest absolute Gasteiger partial charge is 0.343 e. The lowest BCUT2D eigenvalue weighted by Gasteiger charge is -2.07. The zero-order valence-corrected chi connectivity index (χ0v) is 12.0. The van der Waals surface area contributed by atoms with Crippen LogP contribution in [0.15, 0.2) is 42.5 Å². The first kappa shape index (κ1) is 12.0. The fourth-order valence-corrected chi connectivity index (χ4v) is 2.80. The Balaban J connectivity index is 2.31. The van der Waals surface area contributed by atoms with Crippen LogP contribution >= 0.6 is 0 Å². The molecule has 0 aliphatic rings. The average molecular weight is 249 g/mol. The van der Waals surface area contributed by atoms with Crippen LogP contribution in [0.2, 0.25) is 0 Å². The van der Waals surface area contributed by atoms with Gasteiger partial charge in [-0.25, -0.2) is 0 Å². The van der Waals surface area contributed by atoms with E-state index in [0.717, 1.165) is 0 Å². The molecule has 2 aromatic carbocycles. The van der Waals surface area contributed by atoms with E-state index in [0.29, 0.717) is 0 Å². The van der Waals surface area contributed by atoms with E-state index in [1.54, 1.807) is 0 Å². The summed E-state index contributed by atoms with van der Waals surface area (Å²) in [6, 6.07) is 15.5. The Kier molecular flexibility index (Phi) is 2.70. The van der Waals surface area contributed by atoms with E-state index in [9.17, 15) is 0 Å². The van der Waals surface area contributed by atoms with E-state index in [-0.39, 0.29) is 0 Å². The summed E-state index contributed by atoms with van der Waals surface area (Å²) in [5.74, 6) is 0. The first-order chi connectivity index (χ1) is 9.08. The molecule has 1 nitrogen and oxygen atoms in total. The number of hydrogen-bond acceptors (Lipinski definition) is 0. The van der Waals surface area contributed by atoms with Gasteiger partial charge in [0.05, 0.1) is 5.52 Å². The van der Waals surface area contributed by atoms with E-state index in [1.165, 1.54) is 38.9 Å². The monoisotopic (exact) mass is 249 g/mol. The lowest BCUT2D eigenvalue weighted by molar-refractivity contribution is 0.973. The lowest BCUT2D eigenvalue weighted by atomic mass is 10.1. The molecule has 0 fully saturated rings. The Bertz CT molecular complexity index is 745. The van der Waals surface area contributed by atoms with Crippen molar-refractivity contribution in [3.8, 4) is 11.3 Å². The van der Waals surface area contributed by atoms with Crippen molar-refractivity contribution < 1.29 is 0 Å². The molecule has 0 saturated heterocycles. The second-order valence-corrected chi connectivity index (χ2v) is 5.42. The summed E-state index contributed by atoms with van der Waals surface area (Å²) in [5.41, 5.74) is 7.89. The molecular weight excluding hydrogens is 230 g/mol. The van der Waals surface area contributed by atoms with Gasteiger partial charge in [-0.05, 0) is 43.5 Å². The summed E-state index contributed by atoms with van der Waals surface area (Å²) in [6.45, 7) is 6.49. The molecular formula is C18H19N. The molecule has 0 amide bonds. The molecule has 96 valence electrons. The first-order valence-corrected chi connectivity index (χ1v) is 6.70. The van der Waals surface area contributed by atoms with Gasteiger partial charge in [0.2, 0.25) is 0 Å². The van der Waals surface area contributed by atoms with Crippen LogP contribution in [0.4, 0.5) is 0 Å². The van der Waals surface area contributed by atoms with Crippen LogP contribution < -0.4 is 0 Å². The molecule has 0 unspecified atom stereocenters. The summed E-state index contributed by atoms with van der Waals surface area (Å²) in [5, 5.41) is 1.36. The topological polar surface area (TPSA) is 4.93 Å². The predicted octanol–water partition coefficient (Wildman–Crippen LogP) is 4.77. The van der Waals surface area contributed by atoms with Crippen LogP contribution in [0.25, 0.3) is 22.2 Å². The van der Waals surface area contributed by atoms with Crippen LogP contribution in [0.1, 0.15) is 16.7 Å². The smallest absolute Gasteiger partial charge is 0.0515 e. The Labute approximate surface area is 114 Å². The van der Waals surface area contributed by atoms with E-state index < -0.39 is 0 Å². The molecule has 19 heavy (non-hydrogen) atoms. The van der Waals surface area contributed by atoms with Gasteiger partial charge < -0.3 is 4.57 Å². The first-order valence-electron chi connectivity index (χ1n) is 6.70. The van der Waals surface area contributed by atoms with Crippen LogP contribution in [0.3, 0.4) is 0 Å². The molecule has 0 atom stereocenters. The number of aryl methyl sites for hydroxylation is 4. The Morgan fingerprint density at radius 3 is 2.05 bits per heavy atom. The zero-order chi connectivity index (χ0) is 13.6. The fourth-order valence-electron chi connectivity index (χ4n) is 2.80. The standard InChI is InChI=1S/C18H19N/c1-12-5-9-15(10-6-12)17-11-16-13(2)7-8-14(3)18(16)19(17)4/h5-11H,1-4H3. The van der Waals surface area contributed by atoms with Crippen molar-refractivity contribution >= 4 is 10.9 Å². The minimum Gasteiger partial charge on any atom is -0.343 e. The zero-order valence-electron chi connectivity index (χ0n) is 12.0. The second-order valence-electron chi connectivity index (χ2n) is 5.42. The van der Waals surface area contributed by atoms with Crippen LogP contribution in [0, 0.1) is 20.8 Å². The highest BCUT2D eigenvalue weighted by Gasteiger charge is 2.11. The molecule has 0 N–H and O–H groups in total. The number of aromatic nitrogens is 1. The van der Waals surface area contributed by atoms with Crippen molar-refractivity contribution in [3.63, 3.8) is 0 Å². The van der Waals surface area contributed by atoms with Crippen molar-refractivity contribution in [2.75, 3.05) is 0 Å². The third-order valence-corrected chi connectivity index (χ3v) is 3.96. The third kappa shape index (κ3) is 1.86. The van der Waals surface area contributed by atoms with E-state index in [2.05, 4.69) is 74.9 Å². The molecule has 0 spiro atoms. The number of nitrogens with zero attached hydrogens (tertiary/aromatic N) is 1. The molecule has 0 radical (unpaired) electrons. The van der Waals surface area contributed by atoms with Crippen LogP contribution in [-0.2, 0) is 7.05 Å². The van der Waals surface area contributed by atoms with Gasteiger partial charge in [-0.1, -0.05) is 42.0 Å². The maximum atomic E-state index is 2.31. The average Bonchev–Trinajstić information content (AvgIpc) is 2.74. The van der Waals surface area contributed by atoms with Gasteiger partial charge in [0.15, 0.2) is 0 Å². The number of rotatable bonds is 1. The van der Waals surface area contributed by atoms with Crippen LogP contribution in [-0.4, -0.2) is 4.57 Å². The lowest BCUT2D eigenvalue weighted by Crippen LogP contribution is -1.93. The fraction of sp³-hybridized carbons (Fsp3) is 0.222. The van der Waals surface area contributed by atoms with Crippen molar-refractivity contribution in [3.05, 3.63) is 59.2 Å². The normalized spacial score (nSPS) is 11.2. The summed E-state index contributed by atoms with van der Waals surface area (Å²) in [7, 11) is 2.16. The summed E-state index contributed by atoms with van der Waals surface area (Å²) in [6.07, 6.45) is 0. The highest BCUT2D eigenvalue weighted by atomic mass is 14.9. The minimum absolute atomic E-state index is 1.28. The maximum Gasteiger partial charge on any atom is 0.0515 e. The maximum absolute atomic E-state index is 2.31. The summed E-state index contributed by atoms with van der Waals surface area (Å²) < 4.78 is 2.31. The van der Waals surface area contributed by atoms with Crippen molar-refractivity contribution in [1.82, 2.24) is 4.57 Å². The van der Waals surface area contributed by atoms with Gasteiger partial charge in [0, 0.05) is 18.1 Å². The molecule has 3 aromatic rings. The Morgan fingerprint density at radius 2 is 1.42 bits per heavy atom. The van der Waals surface area contributed by atoms with Crippen molar-refractivity contribution in [1.29, 1.82) is 0 Å².